The van der Waals surface area contributed by atoms with Crippen LogP contribution < -0.4 is 10.1 Å². The molecule has 1 saturated heterocycles. The quantitative estimate of drug-likeness (QED) is 0.578. The normalized spacial score (nSPS) is 21.9. The van der Waals surface area contributed by atoms with Crippen LogP contribution in [-0.2, 0) is 0 Å². The Bertz CT molecular complexity index is 1080. The van der Waals surface area contributed by atoms with Gasteiger partial charge in [0.15, 0.2) is 5.15 Å². The third-order valence-electron chi connectivity index (χ3n) is 6.12. The molecule has 0 spiro atoms. The lowest BCUT2D eigenvalue weighted by atomic mass is 9.88. The predicted octanol–water partition coefficient (Wildman–Crippen LogP) is 4.38. The highest BCUT2D eigenvalue weighted by atomic mass is 35.5. The van der Waals surface area contributed by atoms with Gasteiger partial charge in [-0.25, -0.2) is 13.5 Å². The monoisotopic (exact) mass is 451 g/mol. The number of nitrogens with one attached hydrogen (secondary N) is 2. The maximum Gasteiger partial charge on any atom is 0.282 e. The molecule has 4 heterocycles. The van der Waals surface area contributed by atoms with E-state index in [0.29, 0.717) is 36.8 Å². The SMILES string of the molecule is CCOc1nc(Nc2cnn(C3CCN(C4CCC4)CC3(F)F)c2Cl)nc2[nH]ccc12. The summed E-state index contributed by atoms with van der Waals surface area (Å²) in [6.07, 6.45) is 6.60. The summed E-state index contributed by atoms with van der Waals surface area (Å²) in [5.41, 5.74) is 0.964. The molecule has 5 rings (SSSR count). The number of aromatic amines is 1. The number of hydrogen-bond acceptors (Lipinski definition) is 6. The van der Waals surface area contributed by atoms with Gasteiger partial charge in [-0.3, -0.25) is 4.90 Å². The van der Waals surface area contributed by atoms with Gasteiger partial charge in [0.05, 0.1) is 30.4 Å². The Morgan fingerprint density at radius 2 is 2.16 bits per heavy atom. The molecule has 2 N–H and O–H groups in total. The summed E-state index contributed by atoms with van der Waals surface area (Å²) in [5.74, 6) is -2.25. The van der Waals surface area contributed by atoms with Crippen LogP contribution >= 0.6 is 11.6 Å². The molecule has 0 aromatic carbocycles. The van der Waals surface area contributed by atoms with Crippen molar-refractivity contribution in [3.63, 3.8) is 0 Å². The number of fused-ring (bicyclic) bond motifs is 1. The smallest absolute Gasteiger partial charge is 0.282 e. The highest BCUT2D eigenvalue weighted by Gasteiger charge is 2.48. The van der Waals surface area contributed by atoms with Gasteiger partial charge in [-0.15, -0.1) is 0 Å². The number of halogens is 3. The van der Waals surface area contributed by atoms with Gasteiger partial charge in [0.1, 0.15) is 11.7 Å². The third-order valence-corrected chi connectivity index (χ3v) is 6.50. The lowest BCUT2D eigenvalue weighted by molar-refractivity contribution is -0.121. The fraction of sp³-hybridized carbons (Fsp3) is 0.550. The summed E-state index contributed by atoms with van der Waals surface area (Å²) in [6, 6.07) is 1.03. The van der Waals surface area contributed by atoms with Crippen molar-refractivity contribution in [2.24, 2.45) is 0 Å². The molecule has 1 aliphatic carbocycles. The van der Waals surface area contributed by atoms with Gasteiger partial charge in [0.2, 0.25) is 11.8 Å². The third kappa shape index (κ3) is 3.71. The van der Waals surface area contributed by atoms with E-state index in [2.05, 4.69) is 25.4 Å². The molecule has 0 radical (unpaired) electrons. The van der Waals surface area contributed by atoms with Crippen LogP contribution in [0, 0.1) is 0 Å². The van der Waals surface area contributed by atoms with Crippen molar-refractivity contribution in [2.75, 3.05) is 25.0 Å². The minimum Gasteiger partial charge on any atom is -0.477 e. The zero-order chi connectivity index (χ0) is 21.6. The second kappa shape index (κ2) is 7.90. The summed E-state index contributed by atoms with van der Waals surface area (Å²) in [6.45, 7) is 2.68. The summed E-state index contributed by atoms with van der Waals surface area (Å²) < 4.78 is 36.8. The second-order valence-electron chi connectivity index (χ2n) is 8.06. The minimum absolute atomic E-state index is 0.106. The highest BCUT2D eigenvalue weighted by molar-refractivity contribution is 6.32. The molecular weight excluding hydrogens is 428 g/mol. The van der Waals surface area contributed by atoms with Gasteiger partial charge < -0.3 is 15.0 Å². The van der Waals surface area contributed by atoms with E-state index in [1.54, 1.807) is 6.20 Å². The number of H-pyrrole nitrogens is 1. The predicted molar refractivity (Wildman–Crippen MR) is 113 cm³/mol. The van der Waals surface area contributed by atoms with Gasteiger partial charge in [-0.05, 0) is 32.3 Å². The number of hydrogen-bond donors (Lipinski definition) is 2. The lowest BCUT2D eigenvalue weighted by Gasteiger charge is -2.45. The first-order chi connectivity index (χ1) is 15.0. The number of anilines is 2. The molecule has 2 aliphatic rings. The second-order valence-corrected chi connectivity index (χ2v) is 8.42. The first kappa shape index (κ1) is 20.4. The van der Waals surface area contributed by atoms with Crippen LogP contribution in [0.15, 0.2) is 18.5 Å². The zero-order valence-electron chi connectivity index (χ0n) is 17.1. The summed E-state index contributed by atoms with van der Waals surface area (Å²) >= 11 is 6.47. The maximum absolute atomic E-state index is 15.0. The summed E-state index contributed by atoms with van der Waals surface area (Å²) in [5, 5.41) is 8.03. The topological polar surface area (TPSA) is 83.9 Å². The van der Waals surface area contributed by atoms with Crippen LogP contribution in [-0.4, -0.2) is 61.3 Å². The highest BCUT2D eigenvalue weighted by Crippen LogP contribution is 2.42. The summed E-state index contributed by atoms with van der Waals surface area (Å²) in [7, 11) is 0. The van der Waals surface area contributed by atoms with Crippen molar-refractivity contribution >= 4 is 34.3 Å². The number of likely N-dealkylation sites (tertiary alicyclic amines) is 1. The van der Waals surface area contributed by atoms with Crippen molar-refractivity contribution in [3.05, 3.63) is 23.6 Å². The van der Waals surface area contributed by atoms with Gasteiger partial charge in [-0.2, -0.15) is 15.1 Å². The molecular formula is C20H24ClF2N7O. The van der Waals surface area contributed by atoms with E-state index in [-0.39, 0.29) is 23.7 Å². The number of alkyl halides is 2. The van der Waals surface area contributed by atoms with Crippen LogP contribution in [0.25, 0.3) is 11.0 Å². The first-order valence-electron chi connectivity index (χ1n) is 10.6. The molecule has 1 atom stereocenters. The fourth-order valence-electron chi connectivity index (χ4n) is 4.30. The van der Waals surface area contributed by atoms with Crippen LogP contribution in [0.5, 0.6) is 5.88 Å². The zero-order valence-corrected chi connectivity index (χ0v) is 17.9. The average molecular weight is 452 g/mol. The molecule has 3 aromatic heterocycles. The van der Waals surface area contributed by atoms with E-state index in [4.69, 9.17) is 16.3 Å². The molecule has 1 unspecified atom stereocenters. The Hall–Kier alpha value is -2.46. The van der Waals surface area contributed by atoms with Gasteiger partial charge in [0, 0.05) is 18.8 Å². The van der Waals surface area contributed by atoms with Crippen molar-refractivity contribution in [2.45, 2.75) is 50.6 Å². The molecule has 8 nitrogen and oxygen atoms in total. The van der Waals surface area contributed by atoms with E-state index in [0.717, 1.165) is 24.6 Å². The number of nitrogens with zero attached hydrogens (tertiary/aromatic N) is 5. The number of ether oxygens (including phenoxy) is 1. The Labute approximate surface area is 182 Å². The van der Waals surface area contributed by atoms with Crippen LogP contribution in [0.2, 0.25) is 5.15 Å². The number of piperidine rings is 1. The fourth-order valence-corrected chi connectivity index (χ4v) is 4.56. The molecule has 1 saturated carbocycles. The van der Waals surface area contributed by atoms with Crippen molar-refractivity contribution in [1.29, 1.82) is 0 Å². The van der Waals surface area contributed by atoms with Crippen molar-refractivity contribution in [1.82, 2.24) is 29.6 Å². The van der Waals surface area contributed by atoms with E-state index in [9.17, 15) is 8.78 Å². The molecule has 2 fully saturated rings. The molecule has 3 aromatic rings. The van der Waals surface area contributed by atoms with Crippen molar-refractivity contribution in [3.8, 4) is 5.88 Å². The molecule has 166 valence electrons. The van der Waals surface area contributed by atoms with Crippen LogP contribution in [0.3, 0.4) is 0 Å². The molecule has 0 bridgehead atoms. The Morgan fingerprint density at radius 1 is 1.32 bits per heavy atom. The van der Waals surface area contributed by atoms with Crippen LogP contribution in [0.4, 0.5) is 20.4 Å². The van der Waals surface area contributed by atoms with E-state index < -0.39 is 12.0 Å². The van der Waals surface area contributed by atoms with Crippen LogP contribution in [0.1, 0.15) is 38.6 Å². The average Bonchev–Trinajstić information content (AvgIpc) is 3.28. The van der Waals surface area contributed by atoms with E-state index in [1.165, 1.54) is 10.9 Å². The number of aromatic nitrogens is 5. The van der Waals surface area contributed by atoms with E-state index in [1.807, 2.05) is 17.9 Å². The molecule has 31 heavy (non-hydrogen) atoms. The Kier molecular flexibility index (Phi) is 5.21. The Morgan fingerprint density at radius 3 is 2.87 bits per heavy atom. The standard InChI is InChI=1S/C20H24ClF2N7O/c1-2-31-18-13-6-8-24-17(13)27-19(28-18)26-14-10-25-30(16(14)21)15-7-9-29(11-20(15,22)23)12-4-3-5-12/h6,8,10,12,15H,2-5,7,9,11H2,1H3,(H2,24,26,27,28). The minimum atomic E-state index is -2.91. The lowest BCUT2D eigenvalue weighted by Crippen LogP contribution is -2.54. The molecule has 11 heteroatoms. The van der Waals surface area contributed by atoms with Gasteiger partial charge >= 0.3 is 0 Å². The van der Waals surface area contributed by atoms with Crippen molar-refractivity contribution < 1.29 is 13.5 Å². The van der Waals surface area contributed by atoms with Gasteiger partial charge in [0.25, 0.3) is 5.92 Å². The van der Waals surface area contributed by atoms with Gasteiger partial charge in [-0.1, -0.05) is 18.0 Å². The largest absolute Gasteiger partial charge is 0.477 e. The summed E-state index contributed by atoms with van der Waals surface area (Å²) in [4.78, 5) is 13.7. The molecule has 0 amide bonds. The molecule has 1 aliphatic heterocycles. The first-order valence-corrected chi connectivity index (χ1v) is 10.9. The Balaban J connectivity index is 1.37. The number of rotatable bonds is 6. The maximum atomic E-state index is 15.0. The van der Waals surface area contributed by atoms with E-state index >= 15 is 0 Å².